The van der Waals surface area contributed by atoms with Gasteiger partial charge in [0.2, 0.25) is 0 Å². The molecular formula is C31H34ClN3O3S. The Balaban J connectivity index is 2.03. The van der Waals surface area contributed by atoms with E-state index in [2.05, 4.69) is 19.2 Å². The van der Waals surface area contributed by atoms with Crippen molar-refractivity contribution in [1.82, 2.24) is 14.9 Å². The number of rotatable bonds is 9. The zero-order valence-corrected chi connectivity index (χ0v) is 24.5. The molecule has 0 spiro atoms. The largest absolute Gasteiger partial charge is 0.392 e. The van der Waals surface area contributed by atoms with Crippen molar-refractivity contribution in [3.05, 3.63) is 91.7 Å². The molecule has 0 bridgehead atoms. The van der Waals surface area contributed by atoms with Crippen molar-refractivity contribution in [3.8, 4) is 27.5 Å². The van der Waals surface area contributed by atoms with Crippen LogP contribution in [0.15, 0.2) is 58.7 Å². The number of benzene rings is 2. The van der Waals surface area contributed by atoms with Crippen LogP contribution in [0.1, 0.15) is 67.7 Å². The first-order valence-electron chi connectivity index (χ1n) is 13.2. The quantitative estimate of drug-likeness (QED) is 0.239. The molecule has 0 aliphatic heterocycles. The fourth-order valence-corrected chi connectivity index (χ4v) is 5.71. The number of thiazole rings is 1. The molecule has 6 nitrogen and oxygen atoms in total. The molecule has 2 heterocycles. The van der Waals surface area contributed by atoms with Crippen molar-refractivity contribution in [2.45, 2.75) is 59.5 Å². The Morgan fingerprint density at radius 1 is 1.08 bits per heavy atom. The number of carbonyl (C=O) groups excluding carboxylic acids is 1. The van der Waals surface area contributed by atoms with Crippen molar-refractivity contribution in [1.29, 1.82) is 0 Å². The normalized spacial score (nSPS) is 12.1. The minimum atomic E-state index is -0.699. The summed E-state index contributed by atoms with van der Waals surface area (Å²) in [4.78, 5) is 32.8. The van der Waals surface area contributed by atoms with Crippen molar-refractivity contribution in [2.24, 2.45) is 0 Å². The van der Waals surface area contributed by atoms with Gasteiger partial charge in [-0.15, -0.1) is 11.3 Å². The lowest BCUT2D eigenvalue weighted by atomic mass is 9.96. The molecule has 0 saturated carbocycles. The fourth-order valence-electron chi connectivity index (χ4n) is 4.75. The molecule has 1 atom stereocenters. The van der Waals surface area contributed by atoms with E-state index < -0.39 is 6.10 Å². The molecule has 39 heavy (non-hydrogen) atoms. The number of nitrogens with zero attached hydrogens (tertiary/aromatic N) is 2. The first-order chi connectivity index (χ1) is 18.7. The van der Waals surface area contributed by atoms with Gasteiger partial charge in [-0.05, 0) is 55.0 Å². The molecule has 1 amide bonds. The Morgan fingerprint density at radius 2 is 1.72 bits per heavy atom. The fraction of sp³-hybridized carbons (Fsp3) is 0.323. The lowest BCUT2D eigenvalue weighted by Crippen LogP contribution is -2.35. The van der Waals surface area contributed by atoms with E-state index in [1.165, 1.54) is 11.3 Å². The smallest absolute Gasteiger partial charge is 0.265 e. The lowest BCUT2D eigenvalue weighted by molar-refractivity contribution is 0.0922. The van der Waals surface area contributed by atoms with Crippen molar-refractivity contribution in [3.63, 3.8) is 0 Å². The van der Waals surface area contributed by atoms with E-state index in [1.54, 1.807) is 29.7 Å². The van der Waals surface area contributed by atoms with Crippen LogP contribution in [0.2, 0.25) is 5.02 Å². The van der Waals surface area contributed by atoms with Gasteiger partial charge >= 0.3 is 0 Å². The monoisotopic (exact) mass is 563 g/mol. The first-order valence-corrected chi connectivity index (χ1v) is 14.5. The van der Waals surface area contributed by atoms with Gasteiger partial charge in [-0.3, -0.25) is 14.2 Å². The number of aliphatic hydroxyl groups excluding tert-OH is 1. The highest BCUT2D eigenvalue weighted by Gasteiger charge is 2.26. The third-order valence-corrected chi connectivity index (χ3v) is 7.78. The Bertz CT molecular complexity index is 1520. The maximum absolute atomic E-state index is 14.4. The van der Waals surface area contributed by atoms with Crippen LogP contribution in [0.5, 0.6) is 0 Å². The van der Waals surface area contributed by atoms with Gasteiger partial charge in [-0.1, -0.05) is 69.6 Å². The second-order valence-corrected chi connectivity index (χ2v) is 11.2. The summed E-state index contributed by atoms with van der Waals surface area (Å²) in [7, 11) is 0. The molecule has 0 unspecified atom stereocenters. The number of aromatic nitrogens is 2. The highest BCUT2D eigenvalue weighted by molar-refractivity contribution is 7.13. The van der Waals surface area contributed by atoms with E-state index in [1.807, 2.05) is 49.6 Å². The number of aliphatic hydroxyl groups is 1. The van der Waals surface area contributed by atoms with Gasteiger partial charge in [0, 0.05) is 28.2 Å². The molecule has 204 valence electrons. The average molecular weight is 564 g/mol. The van der Waals surface area contributed by atoms with Gasteiger partial charge < -0.3 is 10.4 Å². The summed E-state index contributed by atoms with van der Waals surface area (Å²) < 4.78 is 1.73. The summed E-state index contributed by atoms with van der Waals surface area (Å²) in [6.07, 6.45) is 0.771. The summed E-state index contributed by atoms with van der Waals surface area (Å²) >= 11 is 7.43. The topological polar surface area (TPSA) is 84.2 Å². The van der Waals surface area contributed by atoms with Crippen molar-refractivity contribution >= 4 is 28.8 Å². The molecule has 0 radical (unpaired) electrons. The van der Waals surface area contributed by atoms with E-state index in [0.29, 0.717) is 26.9 Å². The lowest BCUT2D eigenvalue weighted by Gasteiger charge is -2.24. The third-order valence-electron chi connectivity index (χ3n) is 6.65. The van der Waals surface area contributed by atoms with Gasteiger partial charge in [-0.25, -0.2) is 4.98 Å². The number of pyridine rings is 1. The molecule has 0 saturated heterocycles. The average Bonchev–Trinajstić information content (AvgIpc) is 3.41. The van der Waals surface area contributed by atoms with Crippen LogP contribution in [0.3, 0.4) is 0 Å². The molecule has 8 heteroatoms. The number of hydrogen-bond acceptors (Lipinski definition) is 5. The maximum Gasteiger partial charge on any atom is 0.265 e. The van der Waals surface area contributed by atoms with E-state index in [9.17, 15) is 14.7 Å². The number of aryl methyl sites for hydroxylation is 2. The number of amides is 1. The number of para-hydroxylation sites is 1. The van der Waals surface area contributed by atoms with E-state index >= 15 is 0 Å². The third kappa shape index (κ3) is 6.01. The highest BCUT2D eigenvalue weighted by atomic mass is 35.5. The van der Waals surface area contributed by atoms with Gasteiger partial charge in [0.25, 0.3) is 11.5 Å². The zero-order valence-electron chi connectivity index (χ0n) is 22.9. The minimum Gasteiger partial charge on any atom is -0.392 e. The molecule has 2 N–H and O–H groups in total. The van der Waals surface area contributed by atoms with Crippen molar-refractivity contribution in [2.75, 3.05) is 6.54 Å². The van der Waals surface area contributed by atoms with Crippen LogP contribution in [-0.4, -0.2) is 33.2 Å². The number of nitrogens with one attached hydrogen (secondary N) is 1. The molecule has 4 rings (SSSR count). The highest BCUT2D eigenvalue weighted by Crippen LogP contribution is 2.33. The van der Waals surface area contributed by atoms with Crippen LogP contribution in [-0.2, 0) is 12.8 Å². The van der Waals surface area contributed by atoms with Gasteiger partial charge in [0.1, 0.15) is 5.01 Å². The minimum absolute atomic E-state index is 0.106. The molecule has 0 aliphatic carbocycles. The van der Waals surface area contributed by atoms with Crippen molar-refractivity contribution < 1.29 is 9.90 Å². The van der Waals surface area contributed by atoms with Gasteiger partial charge in [-0.2, -0.15) is 0 Å². The summed E-state index contributed by atoms with van der Waals surface area (Å²) in [5.41, 5.74) is 5.71. The molecule has 0 fully saturated rings. The second-order valence-electron chi connectivity index (χ2n) is 9.89. The Labute approximate surface area is 238 Å². The second kappa shape index (κ2) is 12.3. The maximum atomic E-state index is 14.4. The molecule has 2 aromatic heterocycles. The van der Waals surface area contributed by atoms with Crippen LogP contribution < -0.4 is 10.9 Å². The SMILES string of the molecule is CCc1cccc(CC)c1-n1c(C(C)C)c(C(=O)NC[C@@H](C)O)cc(-c2nc(-c3ccc(Cl)cc3)cs2)c1=O. The predicted octanol–water partition coefficient (Wildman–Crippen LogP) is 6.64. The molecule has 4 aromatic rings. The number of halogens is 1. The summed E-state index contributed by atoms with van der Waals surface area (Å²) in [6, 6.07) is 15.1. The van der Waals surface area contributed by atoms with E-state index in [4.69, 9.17) is 16.6 Å². The molecule has 2 aromatic carbocycles. The van der Waals surface area contributed by atoms with Gasteiger partial charge in [0.05, 0.1) is 28.6 Å². The zero-order chi connectivity index (χ0) is 28.3. The number of carbonyl (C=O) groups is 1. The van der Waals surface area contributed by atoms with Crippen LogP contribution in [0.25, 0.3) is 27.5 Å². The van der Waals surface area contributed by atoms with Crippen LogP contribution >= 0.6 is 22.9 Å². The first kappa shape index (κ1) is 28.7. The van der Waals surface area contributed by atoms with E-state index in [-0.39, 0.29) is 23.9 Å². The predicted molar refractivity (Wildman–Crippen MR) is 160 cm³/mol. The van der Waals surface area contributed by atoms with Crippen LogP contribution in [0, 0.1) is 0 Å². The Morgan fingerprint density at radius 3 is 2.28 bits per heavy atom. The Kier molecular flexibility index (Phi) is 9.05. The molecule has 0 aliphatic rings. The van der Waals surface area contributed by atoms with Crippen LogP contribution in [0.4, 0.5) is 0 Å². The van der Waals surface area contributed by atoms with Gasteiger partial charge in [0.15, 0.2) is 0 Å². The molecular weight excluding hydrogens is 530 g/mol. The summed E-state index contributed by atoms with van der Waals surface area (Å²) in [5.74, 6) is -0.467. The summed E-state index contributed by atoms with van der Waals surface area (Å²) in [6.45, 7) is 9.83. The number of hydrogen-bond donors (Lipinski definition) is 2. The standard InChI is InChI=1S/C31H34ClN3O3S/c1-6-20-9-8-10-21(7-2)28(20)35-27(18(3)4)24(29(37)33-16-19(5)36)15-25(31(35)38)30-34-26(17-39-30)22-11-13-23(32)14-12-22/h8-15,17-19,36H,6-7,16H2,1-5H3,(H,33,37)/t19-/m1/s1. The summed E-state index contributed by atoms with van der Waals surface area (Å²) in [5, 5.41) is 15.7. The Hall–Kier alpha value is -3.26. The van der Waals surface area contributed by atoms with E-state index in [0.717, 1.165) is 40.9 Å².